The predicted octanol–water partition coefficient (Wildman–Crippen LogP) is 4.17. The van der Waals surface area contributed by atoms with E-state index in [4.69, 9.17) is 11.6 Å². The van der Waals surface area contributed by atoms with E-state index in [-0.39, 0.29) is 11.9 Å². The standard InChI is InChI=1S/C22H27ClN2O3S/c1-14-8-11-20(13-21(14)23)25(29(4,27)28)16(3)22(26)24-15(2)18-10-9-17-6-5-7-19(17)12-18/h8-13,15-16H,5-7H2,1-4H3,(H,24,26). The van der Waals surface area contributed by atoms with Crippen LogP contribution in [0.25, 0.3) is 0 Å². The van der Waals surface area contributed by atoms with Gasteiger partial charge in [-0.05, 0) is 74.4 Å². The van der Waals surface area contributed by atoms with Crippen LogP contribution in [0.5, 0.6) is 0 Å². The Kier molecular flexibility index (Phi) is 6.24. The Morgan fingerprint density at radius 1 is 1.10 bits per heavy atom. The number of carbonyl (C=O) groups excluding carboxylic acids is 1. The molecule has 0 heterocycles. The van der Waals surface area contributed by atoms with Crippen molar-refractivity contribution in [2.75, 3.05) is 10.6 Å². The van der Waals surface area contributed by atoms with Gasteiger partial charge in [0.25, 0.3) is 0 Å². The van der Waals surface area contributed by atoms with Crippen LogP contribution in [0.15, 0.2) is 36.4 Å². The van der Waals surface area contributed by atoms with E-state index in [1.807, 2.05) is 19.9 Å². The lowest BCUT2D eigenvalue weighted by Gasteiger charge is -2.29. The Bertz CT molecular complexity index is 1040. The van der Waals surface area contributed by atoms with Gasteiger partial charge in [0.15, 0.2) is 0 Å². The van der Waals surface area contributed by atoms with Crippen LogP contribution in [0.2, 0.25) is 5.02 Å². The highest BCUT2D eigenvalue weighted by molar-refractivity contribution is 7.92. The van der Waals surface area contributed by atoms with Gasteiger partial charge in [0, 0.05) is 5.02 Å². The molecule has 1 amide bonds. The van der Waals surface area contributed by atoms with Gasteiger partial charge in [-0.15, -0.1) is 0 Å². The molecule has 2 aromatic carbocycles. The fourth-order valence-electron chi connectivity index (χ4n) is 3.81. The molecular formula is C22H27ClN2O3S. The minimum Gasteiger partial charge on any atom is -0.348 e. The third-order valence-electron chi connectivity index (χ3n) is 5.48. The molecule has 0 saturated carbocycles. The first-order valence-corrected chi connectivity index (χ1v) is 12.0. The maximum absolute atomic E-state index is 12.9. The number of nitrogens with zero attached hydrogens (tertiary/aromatic N) is 1. The van der Waals surface area contributed by atoms with E-state index in [1.54, 1.807) is 25.1 Å². The van der Waals surface area contributed by atoms with Crippen LogP contribution < -0.4 is 9.62 Å². The molecule has 2 aromatic rings. The lowest BCUT2D eigenvalue weighted by molar-refractivity contribution is -0.122. The normalized spacial score (nSPS) is 15.5. The first-order valence-electron chi connectivity index (χ1n) is 9.75. The fraction of sp³-hybridized carbons (Fsp3) is 0.409. The second-order valence-electron chi connectivity index (χ2n) is 7.78. The molecule has 3 rings (SSSR count). The number of hydrogen-bond donors (Lipinski definition) is 1. The average molecular weight is 435 g/mol. The molecule has 0 spiro atoms. The second-order valence-corrected chi connectivity index (χ2v) is 10.0. The van der Waals surface area contributed by atoms with E-state index in [0.29, 0.717) is 10.7 Å². The number of sulfonamides is 1. The number of benzene rings is 2. The van der Waals surface area contributed by atoms with Crippen LogP contribution >= 0.6 is 11.6 Å². The van der Waals surface area contributed by atoms with Gasteiger partial charge in [-0.25, -0.2) is 8.42 Å². The molecule has 29 heavy (non-hydrogen) atoms. The molecule has 7 heteroatoms. The Morgan fingerprint density at radius 3 is 2.45 bits per heavy atom. The summed E-state index contributed by atoms with van der Waals surface area (Å²) in [7, 11) is -3.69. The average Bonchev–Trinajstić information content (AvgIpc) is 3.11. The molecule has 156 valence electrons. The number of hydrogen-bond acceptors (Lipinski definition) is 3. The molecule has 1 aliphatic rings. The Hall–Kier alpha value is -2.05. The van der Waals surface area contributed by atoms with Gasteiger partial charge in [0.1, 0.15) is 6.04 Å². The molecule has 0 saturated heterocycles. The van der Waals surface area contributed by atoms with Crippen molar-refractivity contribution in [2.24, 2.45) is 0 Å². The molecule has 0 aromatic heterocycles. The molecule has 0 aliphatic heterocycles. The number of halogens is 1. The van der Waals surface area contributed by atoms with Gasteiger partial charge in [0.05, 0.1) is 18.0 Å². The number of carbonyl (C=O) groups is 1. The van der Waals surface area contributed by atoms with Gasteiger partial charge in [-0.3, -0.25) is 9.10 Å². The Morgan fingerprint density at radius 2 is 1.79 bits per heavy atom. The number of rotatable bonds is 6. The third kappa shape index (κ3) is 4.75. The number of aryl methyl sites for hydroxylation is 3. The minimum atomic E-state index is -3.69. The van der Waals surface area contributed by atoms with E-state index in [1.165, 1.54) is 17.5 Å². The van der Waals surface area contributed by atoms with E-state index in [0.717, 1.165) is 34.5 Å². The maximum Gasteiger partial charge on any atom is 0.244 e. The first-order chi connectivity index (χ1) is 13.6. The molecule has 0 radical (unpaired) electrons. The van der Waals surface area contributed by atoms with Crippen molar-refractivity contribution in [1.29, 1.82) is 0 Å². The third-order valence-corrected chi connectivity index (χ3v) is 7.13. The van der Waals surface area contributed by atoms with Gasteiger partial charge >= 0.3 is 0 Å². The maximum atomic E-state index is 12.9. The number of anilines is 1. The molecule has 2 atom stereocenters. The lowest BCUT2D eigenvalue weighted by Crippen LogP contribution is -2.48. The number of amides is 1. The second kappa shape index (κ2) is 8.36. The summed E-state index contributed by atoms with van der Waals surface area (Å²) >= 11 is 6.18. The predicted molar refractivity (Wildman–Crippen MR) is 118 cm³/mol. The van der Waals surface area contributed by atoms with Crippen LogP contribution in [0.4, 0.5) is 5.69 Å². The topological polar surface area (TPSA) is 66.5 Å². The molecule has 1 aliphatic carbocycles. The summed E-state index contributed by atoms with van der Waals surface area (Å²) in [6.07, 6.45) is 4.43. The van der Waals surface area contributed by atoms with Gasteiger partial charge < -0.3 is 5.32 Å². The Labute approximate surface area is 178 Å². The summed E-state index contributed by atoms with van der Waals surface area (Å²) in [5.41, 5.74) is 4.95. The quantitative estimate of drug-likeness (QED) is 0.741. The van der Waals surface area contributed by atoms with Crippen molar-refractivity contribution < 1.29 is 13.2 Å². The van der Waals surface area contributed by atoms with Crippen molar-refractivity contribution in [3.63, 3.8) is 0 Å². The lowest BCUT2D eigenvalue weighted by atomic mass is 10.0. The summed E-state index contributed by atoms with van der Waals surface area (Å²) in [4.78, 5) is 12.9. The zero-order valence-electron chi connectivity index (χ0n) is 17.2. The fourth-order valence-corrected chi connectivity index (χ4v) is 5.15. The van der Waals surface area contributed by atoms with Crippen molar-refractivity contribution in [3.05, 3.63) is 63.7 Å². The van der Waals surface area contributed by atoms with Crippen LogP contribution in [0.1, 0.15) is 48.6 Å². The van der Waals surface area contributed by atoms with Crippen LogP contribution in [0.3, 0.4) is 0 Å². The summed E-state index contributed by atoms with van der Waals surface area (Å²) in [5, 5.41) is 3.41. The zero-order chi connectivity index (χ0) is 21.3. The number of fused-ring (bicyclic) bond motifs is 1. The van der Waals surface area contributed by atoms with Crippen molar-refractivity contribution in [2.45, 2.75) is 52.1 Å². The van der Waals surface area contributed by atoms with E-state index < -0.39 is 16.1 Å². The minimum absolute atomic E-state index is 0.223. The van der Waals surface area contributed by atoms with Crippen molar-refractivity contribution >= 4 is 33.2 Å². The van der Waals surface area contributed by atoms with E-state index >= 15 is 0 Å². The molecule has 2 unspecified atom stereocenters. The molecule has 5 nitrogen and oxygen atoms in total. The largest absolute Gasteiger partial charge is 0.348 e. The first kappa shape index (κ1) is 21.7. The number of nitrogens with one attached hydrogen (secondary N) is 1. The molecule has 0 bridgehead atoms. The smallest absolute Gasteiger partial charge is 0.244 e. The van der Waals surface area contributed by atoms with Crippen molar-refractivity contribution in [1.82, 2.24) is 5.32 Å². The van der Waals surface area contributed by atoms with Gasteiger partial charge in [-0.2, -0.15) is 0 Å². The highest BCUT2D eigenvalue weighted by Gasteiger charge is 2.30. The van der Waals surface area contributed by atoms with Gasteiger partial charge in [0.2, 0.25) is 15.9 Å². The zero-order valence-corrected chi connectivity index (χ0v) is 18.8. The summed E-state index contributed by atoms with van der Waals surface area (Å²) < 4.78 is 26.0. The molecule has 0 fully saturated rings. The highest BCUT2D eigenvalue weighted by Crippen LogP contribution is 2.28. The van der Waals surface area contributed by atoms with Crippen molar-refractivity contribution in [3.8, 4) is 0 Å². The molecular weight excluding hydrogens is 408 g/mol. The van der Waals surface area contributed by atoms with E-state index in [9.17, 15) is 13.2 Å². The van der Waals surface area contributed by atoms with Crippen LogP contribution in [-0.2, 0) is 27.7 Å². The van der Waals surface area contributed by atoms with Gasteiger partial charge in [-0.1, -0.05) is 35.9 Å². The summed E-state index contributed by atoms with van der Waals surface area (Å²) in [5.74, 6) is -0.361. The monoisotopic (exact) mass is 434 g/mol. The highest BCUT2D eigenvalue weighted by atomic mass is 35.5. The van der Waals surface area contributed by atoms with Crippen LogP contribution in [0, 0.1) is 6.92 Å². The molecule has 1 N–H and O–H groups in total. The Balaban J connectivity index is 1.81. The summed E-state index contributed by atoms with van der Waals surface area (Å²) in [6, 6.07) is 10.1. The van der Waals surface area contributed by atoms with E-state index in [2.05, 4.69) is 17.4 Å². The van der Waals surface area contributed by atoms with Crippen LogP contribution in [-0.4, -0.2) is 26.6 Å². The SMILES string of the molecule is Cc1ccc(N(C(C)C(=O)NC(C)c2ccc3c(c2)CCC3)S(C)(=O)=O)cc1Cl. The summed E-state index contributed by atoms with van der Waals surface area (Å²) in [6.45, 7) is 5.33.